The topological polar surface area (TPSA) is 105 Å². The minimum absolute atomic E-state index is 0.176. The van der Waals surface area contributed by atoms with Crippen molar-refractivity contribution in [3.8, 4) is 11.5 Å². The molecule has 7 heteroatoms. The molecule has 0 heterocycles. The maximum absolute atomic E-state index is 11.2. The Morgan fingerprint density at radius 2 is 1.58 bits per heavy atom. The Hall–Kier alpha value is -4.13. The molecule has 0 aromatic heterocycles. The average molecular weight is 419 g/mol. The summed E-state index contributed by atoms with van der Waals surface area (Å²) >= 11 is 0. The zero-order valence-corrected chi connectivity index (χ0v) is 17.0. The van der Waals surface area contributed by atoms with Gasteiger partial charge in [0.15, 0.2) is 11.5 Å². The third kappa shape index (κ3) is 5.48. The lowest BCUT2D eigenvalue weighted by Crippen LogP contribution is -2.00. The van der Waals surface area contributed by atoms with Gasteiger partial charge in [0, 0.05) is 6.21 Å². The number of hydrogen-bond acceptors (Lipinski definition) is 5. The lowest BCUT2D eigenvalue weighted by molar-refractivity contribution is 0.0686. The summed E-state index contributed by atoms with van der Waals surface area (Å²) in [7, 11) is 1.53. The van der Waals surface area contributed by atoms with Gasteiger partial charge in [-0.05, 0) is 66.1 Å². The highest BCUT2D eigenvalue weighted by Crippen LogP contribution is 2.29. The minimum atomic E-state index is -1.00. The predicted molar refractivity (Wildman–Crippen MR) is 116 cm³/mol. The van der Waals surface area contributed by atoms with Crippen LogP contribution in [0.15, 0.2) is 65.7 Å². The second kappa shape index (κ2) is 9.58. The number of hydrogen-bond donors (Lipinski definition) is 2. The molecule has 158 valence electrons. The molecule has 0 aliphatic rings. The van der Waals surface area contributed by atoms with E-state index < -0.39 is 11.9 Å². The molecule has 2 N–H and O–H groups in total. The van der Waals surface area contributed by atoms with Crippen LogP contribution in [0, 0.1) is 6.92 Å². The first-order valence-electron chi connectivity index (χ1n) is 9.38. The number of benzene rings is 3. The summed E-state index contributed by atoms with van der Waals surface area (Å²) in [5.74, 6) is -0.929. The van der Waals surface area contributed by atoms with Crippen molar-refractivity contribution in [2.24, 2.45) is 4.99 Å². The molecule has 31 heavy (non-hydrogen) atoms. The van der Waals surface area contributed by atoms with Gasteiger partial charge in [-0.15, -0.1) is 0 Å². The highest BCUT2D eigenvalue weighted by molar-refractivity contribution is 5.90. The second-order valence-corrected chi connectivity index (χ2v) is 6.77. The summed E-state index contributed by atoms with van der Waals surface area (Å²) < 4.78 is 11.2. The first kappa shape index (κ1) is 21.6. The maximum Gasteiger partial charge on any atom is 0.335 e. The molecular weight excluding hydrogens is 398 g/mol. The van der Waals surface area contributed by atoms with Crippen LogP contribution in [0.2, 0.25) is 0 Å². The van der Waals surface area contributed by atoms with Crippen molar-refractivity contribution in [1.82, 2.24) is 0 Å². The van der Waals surface area contributed by atoms with Gasteiger partial charge in [0.25, 0.3) is 0 Å². The Labute approximate surface area is 179 Å². The molecule has 0 bridgehead atoms. The van der Waals surface area contributed by atoms with Crippen LogP contribution in [0.5, 0.6) is 11.5 Å². The van der Waals surface area contributed by atoms with Gasteiger partial charge in [0.1, 0.15) is 6.61 Å². The van der Waals surface area contributed by atoms with Crippen LogP contribution < -0.4 is 9.47 Å². The minimum Gasteiger partial charge on any atom is -0.493 e. The van der Waals surface area contributed by atoms with Crippen molar-refractivity contribution < 1.29 is 29.3 Å². The maximum atomic E-state index is 11.2. The van der Waals surface area contributed by atoms with E-state index in [9.17, 15) is 9.59 Å². The Kier molecular flexibility index (Phi) is 6.67. The summed E-state index contributed by atoms with van der Waals surface area (Å²) in [6.07, 6.45) is 1.63. The summed E-state index contributed by atoms with van der Waals surface area (Å²) in [5, 5.41) is 18.1. The van der Waals surface area contributed by atoms with E-state index in [2.05, 4.69) is 4.99 Å². The monoisotopic (exact) mass is 419 g/mol. The summed E-state index contributed by atoms with van der Waals surface area (Å²) in [6.45, 7) is 2.11. The van der Waals surface area contributed by atoms with E-state index in [1.807, 2.05) is 13.0 Å². The zero-order chi connectivity index (χ0) is 22.4. The SMILES string of the molecule is COc1cc(C=Nc2cc(C(=O)O)ccc2C)ccc1OCc1ccc(C(=O)O)cc1. The first-order valence-corrected chi connectivity index (χ1v) is 9.38. The molecule has 0 fully saturated rings. The van der Waals surface area contributed by atoms with E-state index in [0.717, 1.165) is 16.7 Å². The summed E-state index contributed by atoms with van der Waals surface area (Å²) in [4.78, 5) is 26.5. The van der Waals surface area contributed by atoms with Crippen LogP contribution in [0.25, 0.3) is 0 Å². The fourth-order valence-electron chi connectivity index (χ4n) is 2.81. The van der Waals surface area contributed by atoms with Crippen LogP contribution in [-0.4, -0.2) is 35.5 Å². The zero-order valence-electron chi connectivity index (χ0n) is 17.0. The van der Waals surface area contributed by atoms with Gasteiger partial charge in [-0.3, -0.25) is 4.99 Å². The van der Waals surface area contributed by atoms with E-state index in [-0.39, 0.29) is 17.7 Å². The van der Waals surface area contributed by atoms with Gasteiger partial charge in [0.2, 0.25) is 0 Å². The number of ether oxygens (including phenoxy) is 2. The molecule has 3 aromatic rings. The third-order valence-corrected chi connectivity index (χ3v) is 4.59. The Morgan fingerprint density at radius 1 is 0.903 bits per heavy atom. The molecule has 3 rings (SSSR count). The molecule has 0 aliphatic heterocycles. The Bertz CT molecular complexity index is 1140. The van der Waals surface area contributed by atoms with Gasteiger partial charge < -0.3 is 19.7 Å². The quantitative estimate of drug-likeness (QED) is 0.512. The molecule has 0 saturated carbocycles. The van der Waals surface area contributed by atoms with Gasteiger partial charge in [0.05, 0.1) is 23.9 Å². The lowest BCUT2D eigenvalue weighted by Gasteiger charge is -2.11. The smallest absolute Gasteiger partial charge is 0.335 e. The fraction of sp³-hybridized carbons (Fsp3) is 0.125. The molecular formula is C24H21NO6. The van der Waals surface area contributed by atoms with Crippen molar-refractivity contribution in [3.63, 3.8) is 0 Å². The van der Waals surface area contributed by atoms with Crippen LogP contribution in [-0.2, 0) is 6.61 Å². The van der Waals surface area contributed by atoms with Crippen molar-refractivity contribution >= 4 is 23.8 Å². The van der Waals surface area contributed by atoms with E-state index in [0.29, 0.717) is 17.2 Å². The molecule has 0 spiro atoms. The predicted octanol–water partition coefficient (Wildman–Crippen LogP) is 4.73. The number of rotatable bonds is 8. The van der Waals surface area contributed by atoms with Gasteiger partial charge >= 0.3 is 11.9 Å². The lowest BCUT2D eigenvalue weighted by atomic mass is 10.1. The number of aryl methyl sites for hydroxylation is 1. The van der Waals surface area contributed by atoms with Gasteiger partial charge in [-0.2, -0.15) is 0 Å². The van der Waals surface area contributed by atoms with Crippen LogP contribution in [0.3, 0.4) is 0 Å². The molecule has 0 radical (unpaired) electrons. The van der Waals surface area contributed by atoms with E-state index in [1.54, 1.807) is 42.6 Å². The number of carboxylic acids is 2. The number of methoxy groups -OCH3 is 1. The van der Waals surface area contributed by atoms with Gasteiger partial charge in [-0.1, -0.05) is 18.2 Å². The normalized spacial score (nSPS) is 10.8. The van der Waals surface area contributed by atoms with Crippen molar-refractivity contribution in [2.45, 2.75) is 13.5 Å². The number of carboxylic acid groups (broad SMARTS) is 2. The number of aliphatic imine (C=N–C) groups is 1. The standard InChI is InChI=1S/C24H21NO6/c1-15-3-7-19(24(28)29)12-20(15)25-13-17-6-10-21(22(11-17)30-2)31-14-16-4-8-18(9-5-16)23(26)27/h3-13H,14H2,1-2H3,(H,26,27)(H,28,29). The molecule has 3 aromatic carbocycles. The van der Waals surface area contributed by atoms with Crippen molar-refractivity contribution in [3.05, 3.63) is 88.5 Å². The highest BCUT2D eigenvalue weighted by atomic mass is 16.5. The largest absolute Gasteiger partial charge is 0.493 e. The van der Waals surface area contributed by atoms with Crippen molar-refractivity contribution in [1.29, 1.82) is 0 Å². The van der Waals surface area contributed by atoms with E-state index >= 15 is 0 Å². The molecule has 0 amide bonds. The molecule has 0 saturated heterocycles. The number of nitrogens with zero attached hydrogens (tertiary/aromatic N) is 1. The Morgan fingerprint density at radius 3 is 2.23 bits per heavy atom. The second-order valence-electron chi connectivity index (χ2n) is 6.77. The molecule has 0 unspecified atom stereocenters. The first-order chi connectivity index (χ1) is 14.9. The van der Waals surface area contributed by atoms with Crippen molar-refractivity contribution in [2.75, 3.05) is 7.11 Å². The highest BCUT2D eigenvalue weighted by Gasteiger charge is 2.08. The molecule has 0 aliphatic carbocycles. The van der Waals surface area contributed by atoms with Crippen LogP contribution >= 0.6 is 0 Å². The number of aromatic carboxylic acids is 2. The van der Waals surface area contributed by atoms with Gasteiger partial charge in [-0.25, -0.2) is 9.59 Å². The average Bonchev–Trinajstić information content (AvgIpc) is 2.77. The summed E-state index contributed by atoms with van der Waals surface area (Å²) in [6, 6.07) is 16.6. The third-order valence-electron chi connectivity index (χ3n) is 4.59. The fourth-order valence-corrected chi connectivity index (χ4v) is 2.81. The molecule has 7 nitrogen and oxygen atoms in total. The summed E-state index contributed by atoms with van der Waals surface area (Å²) in [5.41, 5.74) is 3.41. The number of carbonyl (C=O) groups is 2. The molecule has 0 atom stereocenters. The van der Waals surface area contributed by atoms with E-state index in [4.69, 9.17) is 19.7 Å². The van der Waals surface area contributed by atoms with E-state index in [1.165, 1.54) is 25.3 Å². The Balaban J connectivity index is 1.74. The van der Waals surface area contributed by atoms with Crippen LogP contribution in [0.1, 0.15) is 37.4 Å². The van der Waals surface area contributed by atoms with Crippen LogP contribution in [0.4, 0.5) is 5.69 Å².